The molecule has 1 fully saturated rings. The average molecular weight is 325 g/mol. The molecule has 2 N–H and O–H groups in total. The fourth-order valence-corrected chi connectivity index (χ4v) is 3.17. The van der Waals surface area contributed by atoms with Crippen LogP contribution < -0.4 is 5.48 Å². The fourth-order valence-electron chi connectivity index (χ4n) is 3.17. The van der Waals surface area contributed by atoms with Gasteiger partial charge in [0.15, 0.2) is 0 Å². The number of amides is 1. The standard InChI is InChI=1S/C15H14F3N3O2/c1-21-7-8(6-19-21)11-12(13(11)14(22)20-23)9-4-2-3-5-10(9)15(16,17)18/h2-7,11-13,23H,1H3,(H,20,22)/t11-,12-,13+/m1/s1. The van der Waals surface area contributed by atoms with Gasteiger partial charge in [0, 0.05) is 25.1 Å². The predicted octanol–water partition coefficient (Wildman–Crippen LogP) is 2.44. The van der Waals surface area contributed by atoms with Crippen LogP contribution in [0.15, 0.2) is 36.7 Å². The minimum atomic E-state index is -4.50. The zero-order valence-corrected chi connectivity index (χ0v) is 12.1. The van der Waals surface area contributed by atoms with Gasteiger partial charge in [-0.05, 0) is 17.2 Å². The molecule has 0 bridgehead atoms. The molecule has 3 atom stereocenters. The van der Waals surface area contributed by atoms with E-state index in [-0.39, 0.29) is 5.56 Å². The summed E-state index contributed by atoms with van der Waals surface area (Å²) in [6.07, 6.45) is -1.31. The van der Waals surface area contributed by atoms with E-state index in [0.717, 1.165) is 6.07 Å². The zero-order chi connectivity index (χ0) is 16.8. The summed E-state index contributed by atoms with van der Waals surface area (Å²) in [5.74, 6) is -2.54. The lowest BCUT2D eigenvalue weighted by Gasteiger charge is -2.12. The summed E-state index contributed by atoms with van der Waals surface area (Å²) >= 11 is 0. The van der Waals surface area contributed by atoms with Crippen LogP contribution in [0.4, 0.5) is 13.2 Å². The minimum absolute atomic E-state index is 0.0578. The Hall–Kier alpha value is -2.35. The highest BCUT2D eigenvalue weighted by molar-refractivity contribution is 5.84. The van der Waals surface area contributed by atoms with Crippen molar-refractivity contribution in [3.05, 3.63) is 53.3 Å². The van der Waals surface area contributed by atoms with Crippen molar-refractivity contribution in [1.29, 1.82) is 0 Å². The summed E-state index contributed by atoms with van der Waals surface area (Å²) in [5, 5.41) is 12.9. The first-order valence-corrected chi connectivity index (χ1v) is 6.93. The topological polar surface area (TPSA) is 67.2 Å². The summed E-state index contributed by atoms with van der Waals surface area (Å²) in [5.41, 5.74) is 1.51. The predicted molar refractivity (Wildman–Crippen MR) is 73.6 cm³/mol. The first kappa shape index (κ1) is 15.5. The number of carbonyl (C=O) groups excluding carboxylic acids is 1. The van der Waals surface area contributed by atoms with Crippen molar-refractivity contribution in [3.8, 4) is 0 Å². The van der Waals surface area contributed by atoms with Crippen molar-refractivity contribution in [2.24, 2.45) is 13.0 Å². The Bertz CT molecular complexity index is 742. The van der Waals surface area contributed by atoms with E-state index >= 15 is 0 Å². The van der Waals surface area contributed by atoms with Crippen molar-refractivity contribution >= 4 is 5.91 Å². The van der Waals surface area contributed by atoms with Crippen LogP contribution in [0.25, 0.3) is 0 Å². The lowest BCUT2D eigenvalue weighted by molar-refractivity contribution is -0.138. The third-order valence-corrected chi connectivity index (χ3v) is 4.17. The summed E-state index contributed by atoms with van der Waals surface area (Å²) in [4.78, 5) is 11.8. The SMILES string of the molecule is Cn1cc([C@H]2[C@H](C(=O)NO)[C@@H]2c2ccccc2C(F)(F)F)cn1. The van der Waals surface area contributed by atoms with E-state index in [1.54, 1.807) is 18.7 Å². The van der Waals surface area contributed by atoms with Crippen LogP contribution in [0.5, 0.6) is 0 Å². The van der Waals surface area contributed by atoms with Crippen LogP contribution in [-0.2, 0) is 18.0 Å². The average Bonchev–Trinajstić information content (AvgIpc) is 3.11. The summed E-state index contributed by atoms with van der Waals surface area (Å²) in [6, 6.07) is 5.20. The largest absolute Gasteiger partial charge is 0.416 e. The third kappa shape index (κ3) is 2.70. The number of aromatic nitrogens is 2. The first-order chi connectivity index (χ1) is 10.8. The lowest BCUT2D eigenvalue weighted by atomic mass is 10.00. The summed E-state index contributed by atoms with van der Waals surface area (Å²) in [7, 11) is 1.69. The summed E-state index contributed by atoms with van der Waals surface area (Å²) in [6.45, 7) is 0. The van der Waals surface area contributed by atoms with Gasteiger partial charge >= 0.3 is 6.18 Å². The Labute approximate surface area is 129 Å². The van der Waals surface area contributed by atoms with Crippen LogP contribution in [0, 0.1) is 5.92 Å². The van der Waals surface area contributed by atoms with Crippen molar-refractivity contribution in [3.63, 3.8) is 0 Å². The maximum Gasteiger partial charge on any atom is 0.416 e. The molecular weight excluding hydrogens is 311 g/mol. The second-order valence-electron chi connectivity index (χ2n) is 5.59. The van der Waals surface area contributed by atoms with Gasteiger partial charge in [-0.25, -0.2) is 5.48 Å². The van der Waals surface area contributed by atoms with Crippen molar-refractivity contribution in [1.82, 2.24) is 15.3 Å². The van der Waals surface area contributed by atoms with E-state index in [4.69, 9.17) is 5.21 Å². The van der Waals surface area contributed by atoms with Gasteiger partial charge in [0.1, 0.15) is 0 Å². The van der Waals surface area contributed by atoms with Gasteiger partial charge in [-0.15, -0.1) is 0 Å². The van der Waals surface area contributed by atoms with Crippen molar-refractivity contribution in [2.75, 3.05) is 0 Å². The molecule has 8 heteroatoms. The second-order valence-corrected chi connectivity index (χ2v) is 5.59. The van der Waals surface area contributed by atoms with E-state index in [9.17, 15) is 18.0 Å². The molecular formula is C15H14F3N3O2. The Kier molecular flexibility index (Phi) is 3.63. The van der Waals surface area contributed by atoms with Gasteiger partial charge < -0.3 is 0 Å². The molecule has 1 aliphatic rings. The Balaban J connectivity index is 2.03. The maximum atomic E-state index is 13.2. The van der Waals surface area contributed by atoms with Gasteiger partial charge in [0.25, 0.3) is 0 Å². The Morgan fingerprint density at radius 2 is 2.00 bits per heavy atom. The minimum Gasteiger partial charge on any atom is -0.289 e. The van der Waals surface area contributed by atoms with Crippen LogP contribution in [0.3, 0.4) is 0 Å². The number of nitrogens with one attached hydrogen (secondary N) is 1. The molecule has 23 heavy (non-hydrogen) atoms. The molecule has 1 heterocycles. The van der Waals surface area contributed by atoms with E-state index in [1.807, 2.05) is 0 Å². The van der Waals surface area contributed by atoms with Gasteiger partial charge in [0.05, 0.1) is 17.7 Å². The van der Waals surface area contributed by atoms with Crippen LogP contribution >= 0.6 is 0 Å². The normalized spacial score (nSPS) is 23.6. The molecule has 0 aliphatic heterocycles. The Morgan fingerprint density at radius 1 is 1.30 bits per heavy atom. The van der Waals surface area contributed by atoms with Gasteiger partial charge in [-0.3, -0.25) is 14.7 Å². The molecule has 1 amide bonds. The number of alkyl halides is 3. The molecule has 1 saturated carbocycles. The molecule has 1 aliphatic carbocycles. The fraction of sp³-hybridized carbons (Fsp3) is 0.333. The molecule has 3 rings (SSSR count). The molecule has 0 unspecified atom stereocenters. The maximum absolute atomic E-state index is 13.2. The lowest BCUT2D eigenvalue weighted by Crippen LogP contribution is -2.22. The van der Waals surface area contributed by atoms with Gasteiger partial charge in [-0.1, -0.05) is 18.2 Å². The smallest absolute Gasteiger partial charge is 0.289 e. The van der Waals surface area contributed by atoms with E-state index in [0.29, 0.717) is 5.56 Å². The highest BCUT2D eigenvalue weighted by Gasteiger charge is 2.58. The number of aryl methyl sites for hydroxylation is 1. The van der Waals surface area contributed by atoms with Gasteiger partial charge in [-0.2, -0.15) is 18.3 Å². The van der Waals surface area contributed by atoms with E-state index in [2.05, 4.69) is 5.10 Å². The number of benzene rings is 1. The molecule has 1 aromatic heterocycles. The highest BCUT2D eigenvalue weighted by atomic mass is 19.4. The third-order valence-electron chi connectivity index (χ3n) is 4.17. The summed E-state index contributed by atoms with van der Waals surface area (Å²) < 4.78 is 41.2. The number of hydroxylamine groups is 1. The number of rotatable bonds is 3. The zero-order valence-electron chi connectivity index (χ0n) is 12.1. The molecule has 122 valence electrons. The van der Waals surface area contributed by atoms with Crippen LogP contribution in [0.1, 0.15) is 28.5 Å². The number of carbonyl (C=O) groups is 1. The van der Waals surface area contributed by atoms with Crippen LogP contribution in [-0.4, -0.2) is 20.9 Å². The number of hydrogen-bond acceptors (Lipinski definition) is 3. The Morgan fingerprint density at radius 3 is 2.57 bits per heavy atom. The number of halogens is 3. The molecule has 2 aromatic rings. The monoisotopic (exact) mass is 325 g/mol. The van der Waals surface area contributed by atoms with Crippen molar-refractivity contribution in [2.45, 2.75) is 18.0 Å². The van der Waals surface area contributed by atoms with E-state index < -0.39 is 35.4 Å². The van der Waals surface area contributed by atoms with Gasteiger partial charge in [0.2, 0.25) is 5.91 Å². The highest BCUT2D eigenvalue weighted by Crippen LogP contribution is 2.62. The molecule has 1 aromatic carbocycles. The second kappa shape index (κ2) is 5.38. The molecule has 0 radical (unpaired) electrons. The van der Waals surface area contributed by atoms with Crippen LogP contribution in [0.2, 0.25) is 0 Å². The molecule has 0 spiro atoms. The van der Waals surface area contributed by atoms with E-state index in [1.165, 1.54) is 29.1 Å². The first-order valence-electron chi connectivity index (χ1n) is 6.93. The quantitative estimate of drug-likeness (QED) is 0.673. The van der Waals surface area contributed by atoms with Crippen molar-refractivity contribution < 1.29 is 23.2 Å². The molecule has 0 saturated heterocycles. The number of nitrogens with zero attached hydrogens (tertiary/aromatic N) is 2. The molecule has 5 nitrogen and oxygen atoms in total. The number of hydrogen-bond donors (Lipinski definition) is 2.